The van der Waals surface area contributed by atoms with E-state index in [9.17, 15) is 0 Å². The monoisotopic (exact) mass is 366 g/mol. The molecule has 5 nitrogen and oxygen atoms in total. The summed E-state index contributed by atoms with van der Waals surface area (Å²) in [6.45, 7) is 9.80. The molecule has 2 rings (SSSR count). The van der Waals surface area contributed by atoms with Crippen molar-refractivity contribution in [1.82, 2.24) is 15.5 Å². The predicted octanol–water partition coefficient (Wildman–Crippen LogP) is 3.40. The zero-order chi connectivity index (χ0) is 18.5. The van der Waals surface area contributed by atoms with E-state index in [0.29, 0.717) is 5.41 Å². The number of likely N-dealkylation sites (tertiary alicyclic amines) is 1. The summed E-state index contributed by atoms with van der Waals surface area (Å²) in [6, 6.07) is 0. The van der Waals surface area contributed by atoms with Crippen LogP contribution in [0.15, 0.2) is 4.99 Å². The second-order valence-corrected chi connectivity index (χ2v) is 8.18. The van der Waals surface area contributed by atoms with Crippen LogP contribution in [0.25, 0.3) is 0 Å². The molecule has 0 aromatic carbocycles. The third-order valence-corrected chi connectivity index (χ3v) is 6.06. The third-order valence-electron chi connectivity index (χ3n) is 6.06. The Morgan fingerprint density at radius 1 is 1.04 bits per heavy atom. The van der Waals surface area contributed by atoms with E-state index in [1.54, 1.807) is 7.11 Å². The largest absolute Gasteiger partial charge is 0.385 e. The first kappa shape index (κ1) is 21.5. The van der Waals surface area contributed by atoms with Gasteiger partial charge in [0.05, 0.1) is 0 Å². The van der Waals surface area contributed by atoms with Gasteiger partial charge in [-0.25, -0.2) is 0 Å². The molecule has 2 aliphatic rings. The molecule has 0 bridgehead atoms. The van der Waals surface area contributed by atoms with Gasteiger partial charge in [-0.2, -0.15) is 0 Å². The van der Waals surface area contributed by atoms with Crippen LogP contribution >= 0.6 is 0 Å². The maximum atomic E-state index is 5.29. The number of guanidine groups is 1. The minimum atomic E-state index is 0.396. The summed E-state index contributed by atoms with van der Waals surface area (Å²) < 4.78 is 5.29. The number of piperidine rings is 1. The number of hydrogen-bond acceptors (Lipinski definition) is 3. The summed E-state index contributed by atoms with van der Waals surface area (Å²) in [5.41, 5.74) is 0.396. The summed E-state index contributed by atoms with van der Waals surface area (Å²) in [5.74, 6) is 0.993. The number of ether oxygens (including phenoxy) is 1. The van der Waals surface area contributed by atoms with E-state index in [-0.39, 0.29) is 0 Å². The van der Waals surface area contributed by atoms with E-state index in [1.165, 1.54) is 77.4 Å². The molecule has 2 fully saturated rings. The van der Waals surface area contributed by atoms with Gasteiger partial charge in [0.2, 0.25) is 0 Å². The Morgan fingerprint density at radius 2 is 1.85 bits per heavy atom. The molecule has 1 aliphatic heterocycles. The van der Waals surface area contributed by atoms with Crippen LogP contribution in [-0.4, -0.2) is 63.8 Å². The molecule has 0 aromatic heterocycles. The van der Waals surface area contributed by atoms with Gasteiger partial charge < -0.3 is 20.3 Å². The quantitative estimate of drug-likeness (QED) is 0.316. The van der Waals surface area contributed by atoms with Crippen LogP contribution in [0.3, 0.4) is 0 Å². The molecular weight excluding hydrogens is 324 g/mol. The molecule has 1 aliphatic carbocycles. The molecule has 0 radical (unpaired) electrons. The van der Waals surface area contributed by atoms with Gasteiger partial charge in [0, 0.05) is 33.4 Å². The highest BCUT2D eigenvalue weighted by Gasteiger charge is 2.36. The van der Waals surface area contributed by atoms with Gasteiger partial charge in [0.1, 0.15) is 0 Å². The van der Waals surface area contributed by atoms with E-state index in [1.807, 2.05) is 0 Å². The minimum absolute atomic E-state index is 0.396. The van der Waals surface area contributed by atoms with Gasteiger partial charge >= 0.3 is 0 Å². The van der Waals surface area contributed by atoms with Crippen molar-refractivity contribution in [2.45, 2.75) is 71.1 Å². The smallest absolute Gasteiger partial charge is 0.191 e. The molecule has 0 spiro atoms. The highest BCUT2D eigenvalue weighted by atomic mass is 16.5. The molecule has 1 saturated heterocycles. The van der Waals surface area contributed by atoms with E-state index in [0.717, 1.165) is 38.6 Å². The zero-order valence-corrected chi connectivity index (χ0v) is 17.3. The first-order valence-electron chi connectivity index (χ1n) is 11.0. The second-order valence-electron chi connectivity index (χ2n) is 8.18. The molecule has 1 heterocycles. The zero-order valence-electron chi connectivity index (χ0n) is 17.3. The first-order chi connectivity index (χ1) is 12.8. The number of nitrogens with zero attached hydrogens (tertiary/aromatic N) is 2. The molecule has 0 atom stereocenters. The van der Waals surface area contributed by atoms with Crippen molar-refractivity contribution in [3.05, 3.63) is 0 Å². The lowest BCUT2D eigenvalue weighted by atomic mass is 9.67. The molecule has 0 unspecified atom stereocenters. The highest BCUT2D eigenvalue weighted by molar-refractivity contribution is 5.79. The molecule has 5 heteroatoms. The lowest BCUT2D eigenvalue weighted by Crippen LogP contribution is -2.40. The van der Waals surface area contributed by atoms with Gasteiger partial charge in [0.25, 0.3) is 0 Å². The van der Waals surface area contributed by atoms with Gasteiger partial charge in [-0.3, -0.25) is 4.99 Å². The van der Waals surface area contributed by atoms with Crippen molar-refractivity contribution in [1.29, 1.82) is 0 Å². The van der Waals surface area contributed by atoms with Crippen LogP contribution in [0, 0.1) is 5.41 Å². The standard InChI is InChI=1S/C21H42N4O/c1-3-22-20(24-19-21(11-10-12-21)13-18-26-2)23-14-6-4-7-15-25-16-8-5-9-17-25/h3-19H2,1-2H3,(H2,22,23,24). The van der Waals surface area contributed by atoms with Crippen LogP contribution < -0.4 is 10.6 Å². The van der Waals surface area contributed by atoms with Crippen molar-refractivity contribution in [2.24, 2.45) is 10.4 Å². The fraction of sp³-hybridized carbons (Fsp3) is 0.952. The average molecular weight is 367 g/mol. The first-order valence-corrected chi connectivity index (χ1v) is 11.0. The number of nitrogens with one attached hydrogen (secondary N) is 2. The molecule has 26 heavy (non-hydrogen) atoms. The Bertz CT molecular complexity index is 389. The van der Waals surface area contributed by atoms with Crippen LogP contribution in [0.4, 0.5) is 0 Å². The Balaban J connectivity index is 1.60. The molecule has 152 valence electrons. The summed E-state index contributed by atoms with van der Waals surface area (Å²) in [6.07, 6.45) is 13.2. The van der Waals surface area contributed by atoms with Gasteiger partial charge in [-0.1, -0.05) is 19.3 Å². The number of aliphatic imine (C=N–C) groups is 1. The Labute approximate surface area is 161 Å². The third kappa shape index (κ3) is 7.83. The van der Waals surface area contributed by atoms with Gasteiger partial charge in [-0.05, 0) is 76.9 Å². The van der Waals surface area contributed by atoms with Gasteiger partial charge in [-0.15, -0.1) is 0 Å². The van der Waals surface area contributed by atoms with Crippen LogP contribution in [0.1, 0.15) is 71.1 Å². The fourth-order valence-electron chi connectivity index (χ4n) is 4.10. The maximum Gasteiger partial charge on any atom is 0.191 e. The minimum Gasteiger partial charge on any atom is -0.385 e. The van der Waals surface area contributed by atoms with E-state index < -0.39 is 0 Å². The SMILES string of the molecule is CCNC(=NCC1(CCOC)CCC1)NCCCCCN1CCCCC1. The number of unbranched alkanes of at least 4 members (excludes halogenated alkanes) is 2. The van der Waals surface area contributed by atoms with E-state index in [4.69, 9.17) is 9.73 Å². The Hall–Kier alpha value is -0.810. The topological polar surface area (TPSA) is 48.9 Å². The number of hydrogen-bond donors (Lipinski definition) is 2. The van der Waals surface area contributed by atoms with E-state index in [2.05, 4.69) is 22.5 Å². The van der Waals surface area contributed by atoms with E-state index >= 15 is 0 Å². The Morgan fingerprint density at radius 3 is 2.50 bits per heavy atom. The molecule has 2 N–H and O–H groups in total. The highest BCUT2D eigenvalue weighted by Crippen LogP contribution is 2.44. The van der Waals surface area contributed by atoms with Crippen molar-refractivity contribution >= 4 is 5.96 Å². The van der Waals surface area contributed by atoms with Gasteiger partial charge in [0.15, 0.2) is 5.96 Å². The maximum absolute atomic E-state index is 5.29. The van der Waals surface area contributed by atoms with Crippen LogP contribution in [0.2, 0.25) is 0 Å². The van der Waals surface area contributed by atoms with Crippen molar-refractivity contribution in [2.75, 3.05) is 53.0 Å². The summed E-state index contributed by atoms with van der Waals surface area (Å²) in [7, 11) is 1.80. The molecular formula is C21H42N4O. The molecule has 1 saturated carbocycles. The van der Waals surface area contributed by atoms with Crippen molar-refractivity contribution < 1.29 is 4.74 Å². The average Bonchev–Trinajstić information content (AvgIpc) is 2.64. The second kappa shape index (κ2) is 12.6. The summed E-state index contributed by atoms with van der Waals surface area (Å²) in [5, 5.41) is 6.93. The lowest BCUT2D eigenvalue weighted by molar-refractivity contribution is 0.0778. The van der Waals surface area contributed by atoms with Crippen LogP contribution in [-0.2, 0) is 4.74 Å². The lowest BCUT2D eigenvalue weighted by Gasteiger charge is -2.40. The summed E-state index contributed by atoms with van der Waals surface area (Å²) in [4.78, 5) is 7.52. The van der Waals surface area contributed by atoms with Crippen molar-refractivity contribution in [3.8, 4) is 0 Å². The normalized spacial score (nSPS) is 20.6. The fourth-order valence-corrected chi connectivity index (χ4v) is 4.10. The number of methoxy groups -OCH3 is 1. The number of rotatable bonds is 12. The van der Waals surface area contributed by atoms with Crippen molar-refractivity contribution in [3.63, 3.8) is 0 Å². The molecule has 0 amide bonds. The summed E-state index contributed by atoms with van der Waals surface area (Å²) >= 11 is 0. The Kier molecular flexibility index (Phi) is 10.4. The molecule has 0 aromatic rings. The predicted molar refractivity (Wildman–Crippen MR) is 111 cm³/mol. The van der Waals surface area contributed by atoms with Crippen LogP contribution in [0.5, 0.6) is 0 Å².